The quantitative estimate of drug-likeness (QED) is 0.0589. The first-order chi connectivity index (χ1) is 39.7. The van der Waals surface area contributed by atoms with Gasteiger partial charge >= 0.3 is 24.1 Å². The van der Waals surface area contributed by atoms with Crippen molar-refractivity contribution in [1.82, 2.24) is 19.8 Å². The molecule has 0 radical (unpaired) electrons. The third-order valence-corrected chi connectivity index (χ3v) is 12.2. The van der Waals surface area contributed by atoms with Crippen molar-refractivity contribution in [3.8, 4) is 81.1 Å². The maximum Gasteiger partial charge on any atom is 0.416 e. The first-order valence-electron chi connectivity index (χ1n) is 25.8. The predicted molar refractivity (Wildman–Crippen MR) is 304 cm³/mol. The van der Waals surface area contributed by atoms with Crippen molar-refractivity contribution in [2.45, 2.75) is 46.7 Å². The third-order valence-electron chi connectivity index (χ3n) is 12.2. The summed E-state index contributed by atoms with van der Waals surface area (Å²) >= 11 is 0. The largest absolute Gasteiger partial charge is 0.497 e. The number of benzene rings is 6. The van der Waals surface area contributed by atoms with Gasteiger partial charge in [0.25, 0.3) is 0 Å². The van der Waals surface area contributed by atoms with Crippen LogP contribution in [0.1, 0.15) is 66.9 Å². The zero-order valence-corrected chi connectivity index (χ0v) is 46.2. The molecule has 420 valence electrons. The van der Waals surface area contributed by atoms with Gasteiger partial charge in [-0.05, 0) is 155 Å². The summed E-state index contributed by atoms with van der Waals surface area (Å²) in [5.74, 6) is 15.1. The molecule has 0 aliphatic heterocycles. The summed E-state index contributed by atoms with van der Waals surface area (Å²) in [7, 11) is 3.08. The first-order valence-corrected chi connectivity index (χ1v) is 25.8. The van der Waals surface area contributed by atoms with Crippen LogP contribution < -0.4 is 28.4 Å². The van der Waals surface area contributed by atoms with Gasteiger partial charge in [0.1, 0.15) is 60.8 Å². The van der Waals surface area contributed by atoms with Gasteiger partial charge in [0, 0.05) is 11.1 Å². The van der Waals surface area contributed by atoms with Crippen molar-refractivity contribution in [3.05, 3.63) is 192 Å². The molecule has 8 aromatic rings. The average Bonchev–Trinajstić information content (AvgIpc) is 4.09. The normalized spacial score (nSPS) is 11.1. The van der Waals surface area contributed by atoms with Crippen LogP contribution in [0.3, 0.4) is 0 Å². The highest BCUT2D eigenvalue weighted by Crippen LogP contribution is 2.28. The Hall–Kier alpha value is -10.5. The van der Waals surface area contributed by atoms with E-state index >= 15 is 0 Å². The second-order valence-corrected chi connectivity index (χ2v) is 17.8. The van der Waals surface area contributed by atoms with Crippen LogP contribution >= 0.6 is 0 Å². The zero-order chi connectivity index (χ0) is 58.4. The van der Waals surface area contributed by atoms with Crippen molar-refractivity contribution >= 4 is 24.1 Å². The molecule has 82 heavy (non-hydrogen) atoms. The van der Waals surface area contributed by atoms with E-state index in [4.69, 9.17) is 42.0 Å². The molecule has 2 heterocycles. The van der Waals surface area contributed by atoms with Crippen molar-refractivity contribution < 1.29 is 66.3 Å². The van der Waals surface area contributed by atoms with E-state index < -0.39 is 42.8 Å². The number of nitrogens with zero attached hydrogens (tertiary/aromatic N) is 4. The number of aliphatic carboxylic acids is 1. The van der Waals surface area contributed by atoms with Crippen LogP contribution in [0.5, 0.6) is 34.5 Å². The molecule has 0 saturated carbocycles. The van der Waals surface area contributed by atoms with Gasteiger partial charge in [0.05, 0.1) is 44.3 Å². The van der Waals surface area contributed by atoms with Crippen LogP contribution in [0.15, 0.2) is 167 Å². The molecule has 8 rings (SSSR count). The van der Waals surface area contributed by atoms with Gasteiger partial charge < -0.3 is 47.1 Å². The first kappa shape index (κ1) is 59.2. The number of hydrogen-bond donors (Lipinski definition) is 1. The summed E-state index contributed by atoms with van der Waals surface area (Å²) in [5, 5.41) is 9.38. The maximum atomic E-state index is 13.1. The van der Waals surface area contributed by atoms with Crippen molar-refractivity contribution in [3.63, 3.8) is 0 Å². The lowest BCUT2D eigenvalue weighted by Gasteiger charge is -2.28. The SMILES string of the molecule is CCOC(=O)CN(C(=O)Oc1ccc(OC)cc1)[C@@H](C)c1ccc(OCC#Cc2oc(-c3ccccc3)nc2C)cc1.COc1ccc(OC(=O)N(CC(=O)O)[C@@H](C)c2ccc(OCC#Cc3oc(-c4ccccc4)nc3C)cc2)cc1. The summed E-state index contributed by atoms with van der Waals surface area (Å²) in [5.41, 5.74) is 4.64. The Kier molecular flexibility index (Phi) is 21.3. The molecule has 0 saturated heterocycles. The van der Waals surface area contributed by atoms with Crippen LogP contribution in [-0.4, -0.2) is 96.1 Å². The van der Waals surface area contributed by atoms with Gasteiger partial charge in [-0.1, -0.05) is 72.5 Å². The molecule has 0 bridgehead atoms. The van der Waals surface area contributed by atoms with Gasteiger partial charge in [-0.3, -0.25) is 19.4 Å². The second kappa shape index (κ2) is 29.5. The highest BCUT2D eigenvalue weighted by molar-refractivity contribution is 5.80. The predicted octanol–water partition coefficient (Wildman–Crippen LogP) is 11.9. The lowest BCUT2D eigenvalue weighted by Crippen LogP contribution is -2.40. The van der Waals surface area contributed by atoms with Gasteiger partial charge in [-0.2, -0.15) is 0 Å². The molecule has 2 atom stereocenters. The summed E-state index contributed by atoms with van der Waals surface area (Å²) < 4.78 is 49.3. The molecule has 0 fully saturated rings. The Morgan fingerprint density at radius 1 is 0.524 bits per heavy atom. The number of carboxylic acid groups (broad SMARTS) is 1. The fraction of sp³-hybridized carbons (Fsp3) is 0.219. The van der Waals surface area contributed by atoms with E-state index in [0.717, 1.165) is 21.6 Å². The van der Waals surface area contributed by atoms with Crippen LogP contribution in [0.4, 0.5) is 9.59 Å². The molecule has 0 spiro atoms. The molecule has 0 aliphatic carbocycles. The standard InChI is InChI=1S/C33H32N2O7.C31H28N2O7/c1-5-39-31(36)22-35(33(37)41-29-19-17-27(38-4)18-20-29)24(3)25-13-15-28(16-14-25)40-21-9-12-30-23(2)34-32(42-30)26-10-7-6-8-11-26;1-21-28(40-30(32-21)24-8-5-4-6-9-24)10-7-19-38-26-13-11-23(12-14-26)22(2)33(20-29(34)35)31(36)39-27-17-15-25(37-3)16-18-27/h6-8,10-11,13-20,24H,5,21-22H2,1-4H3;4-6,8-9,11-18,22H,19-20H2,1-3H3,(H,34,35)/t24-;22-/m00/s1. The lowest BCUT2D eigenvalue weighted by atomic mass is 10.1. The van der Waals surface area contributed by atoms with Gasteiger partial charge in [-0.15, -0.1) is 0 Å². The Morgan fingerprint density at radius 3 is 1.26 bits per heavy atom. The summed E-state index contributed by atoms with van der Waals surface area (Å²) in [4.78, 5) is 61.0. The zero-order valence-electron chi connectivity index (χ0n) is 46.2. The van der Waals surface area contributed by atoms with Crippen LogP contribution in [0, 0.1) is 37.5 Å². The van der Waals surface area contributed by atoms with Gasteiger partial charge in [0.2, 0.25) is 23.3 Å². The number of carbonyl (C=O) groups excluding carboxylic acids is 3. The Labute approximate surface area is 475 Å². The van der Waals surface area contributed by atoms with E-state index in [-0.39, 0.29) is 32.1 Å². The molecule has 1 N–H and O–H groups in total. The fourth-order valence-corrected chi connectivity index (χ4v) is 7.77. The number of aryl methyl sites for hydroxylation is 2. The summed E-state index contributed by atoms with van der Waals surface area (Å²) in [6.07, 6.45) is -1.47. The number of methoxy groups -OCH3 is 2. The summed E-state index contributed by atoms with van der Waals surface area (Å²) in [6.45, 7) is 8.57. The number of aromatic nitrogens is 2. The average molecular weight is 1110 g/mol. The van der Waals surface area contributed by atoms with E-state index in [1.807, 2.05) is 86.6 Å². The minimum atomic E-state index is -1.16. The van der Waals surface area contributed by atoms with Crippen molar-refractivity contribution in [1.29, 1.82) is 0 Å². The summed E-state index contributed by atoms with van der Waals surface area (Å²) in [6, 6.07) is 45.3. The number of amides is 2. The third kappa shape index (κ3) is 17.0. The molecular formula is C64H60N4O14. The number of oxazole rings is 2. The van der Waals surface area contributed by atoms with Gasteiger partial charge in [-0.25, -0.2) is 19.6 Å². The highest BCUT2D eigenvalue weighted by atomic mass is 16.6. The molecule has 18 nitrogen and oxygen atoms in total. The molecule has 2 amide bonds. The number of ether oxygens (including phenoxy) is 7. The highest BCUT2D eigenvalue weighted by Gasteiger charge is 2.28. The van der Waals surface area contributed by atoms with Gasteiger partial charge in [0.15, 0.2) is 0 Å². The molecule has 0 aliphatic rings. The van der Waals surface area contributed by atoms with Crippen LogP contribution in [0.2, 0.25) is 0 Å². The Balaban J connectivity index is 0.000000236. The fourth-order valence-electron chi connectivity index (χ4n) is 7.77. The molecule has 6 aromatic carbocycles. The monoisotopic (exact) mass is 1110 g/mol. The number of carboxylic acids is 1. The molecule has 0 unspecified atom stereocenters. The number of carbonyl (C=O) groups is 4. The minimum Gasteiger partial charge on any atom is -0.497 e. The topological polar surface area (TPSA) is 212 Å². The molecular weight excluding hydrogens is 1050 g/mol. The molecule has 18 heteroatoms. The van der Waals surface area contributed by atoms with E-state index in [9.17, 15) is 24.3 Å². The minimum absolute atomic E-state index is 0.120. The number of esters is 1. The maximum absolute atomic E-state index is 13.1. The van der Waals surface area contributed by atoms with Crippen molar-refractivity contribution in [2.24, 2.45) is 0 Å². The Bertz CT molecular complexity index is 3510. The number of hydrogen-bond acceptors (Lipinski definition) is 15. The van der Waals surface area contributed by atoms with Crippen LogP contribution in [0.25, 0.3) is 22.9 Å². The lowest BCUT2D eigenvalue weighted by molar-refractivity contribution is -0.144. The number of rotatable bonds is 19. The van der Waals surface area contributed by atoms with Crippen LogP contribution in [-0.2, 0) is 14.3 Å². The van der Waals surface area contributed by atoms with E-state index in [1.54, 1.807) is 113 Å². The van der Waals surface area contributed by atoms with E-state index in [2.05, 4.69) is 33.6 Å². The van der Waals surface area contributed by atoms with E-state index in [1.165, 1.54) is 12.0 Å². The Morgan fingerprint density at radius 2 is 0.890 bits per heavy atom. The van der Waals surface area contributed by atoms with E-state index in [0.29, 0.717) is 69.0 Å². The smallest absolute Gasteiger partial charge is 0.416 e. The van der Waals surface area contributed by atoms with Crippen molar-refractivity contribution in [2.75, 3.05) is 47.1 Å². The second-order valence-electron chi connectivity index (χ2n) is 17.8. The molecule has 2 aromatic heterocycles.